The summed E-state index contributed by atoms with van der Waals surface area (Å²) in [6.45, 7) is 3.47. The molecule has 0 spiro atoms. The van der Waals surface area contributed by atoms with Crippen molar-refractivity contribution in [3.63, 3.8) is 0 Å². The Balaban J connectivity index is 3.68. The molecule has 0 N–H and O–H groups in total. The Bertz CT molecular complexity index is 82.4. The van der Waals surface area contributed by atoms with E-state index < -0.39 is 0 Å². The molecule has 2 amide bonds. The van der Waals surface area contributed by atoms with E-state index in [0.29, 0.717) is 6.41 Å². The van der Waals surface area contributed by atoms with Crippen molar-refractivity contribution < 1.29 is 9.59 Å². The fraction of sp³-hybridized carbons (Fsp3) is 0.600. The van der Waals surface area contributed by atoms with Crippen molar-refractivity contribution in [2.24, 2.45) is 0 Å². The van der Waals surface area contributed by atoms with Crippen LogP contribution < -0.4 is 0 Å². The number of hydrogen-bond acceptors (Lipinski definition) is 2. The Morgan fingerprint density at radius 1 is 1.62 bits per heavy atom. The molecule has 0 aliphatic rings. The smallest absolute Gasteiger partial charge is 0.278 e. The highest BCUT2D eigenvalue weighted by atomic mass is 16.2. The van der Waals surface area contributed by atoms with Crippen LogP contribution in [0.3, 0.4) is 0 Å². The second-order valence-corrected chi connectivity index (χ2v) is 1.70. The number of hydrogen-bond donors (Lipinski definition) is 0. The van der Waals surface area contributed by atoms with Crippen molar-refractivity contribution in [2.45, 2.75) is 19.9 Å². The standard InChI is InChI=1S/C5H8NO2/c1-5(2)6(3-7)4-8/h3,5H,1-2H3. The van der Waals surface area contributed by atoms with Crippen molar-refractivity contribution in [1.29, 1.82) is 0 Å². The normalized spacial score (nSPS) is 8.88. The van der Waals surface area contributed by atoms with Gasteiger partial charge in [0.2, 0.25) is 6.41 Å². The van der Waals surface area contributed by atoms with Gasteiger partial charge >= 0.3 is 6.41 Å². The quantitative estimate of drug-likeness (QED) is 0.380. The first-order valence-electron chi connectivity index (χ1n) is 2.33. The molecule has 1 radical (unpaired) electrons. The van der Waals surface area contributed by atoms with Gasteiger partial charge in [-0.1, -0.05) is 0 Å². The van der Waals surface area contributed by atoms with Crippen LogP contribution in [-0.4, -0.2) is 23.8 Å². The third kappa shape index (κ3) is 1.73. The van der Waals surface area contributed by atoms with Crippen LogP contribution in [0.25, 0.3) is 0 Å². The van der Waals surface area contributed by atoms with E-state index in [1.807, 2.05) is 0 Å². The lowest BCUT2D eigenvalue weighted by molar-refractivity contribution is -0.115. The highest BCUT2D eigenvalue weighted by Gasteiger charge is 2.02. The molecule has 0 aliphatic heterocycles. The van der Waals surface area contributed by atoms with Gasteiger partial charge in [-0.05, 0) is 13.8 Å². The minimum Gasteiger partial charge on any atom is -0.278 e. The SMILES string of the molecule is CC(C)N([C]=O)C=O. The molecular weight excluding hydrogens is 106 g/mol. The van der Waals surface area contributed by atoms with Crippen molar-refractivity contribution in [3.8, 4) is 0 Å². The van der Waals surface area contributed by atoms with E-state index >= 15 is 0 Å². The lowest BCUT2D eigenvalue weighted by Crippen LogP contribution is -2.27. The van der Waals surface area contributed by atoms with Gasteiger partial charge in [-0.3, -0.25) is 14.5 Å². The first-order valence-corrected chi connectivity index (χ1v) is 2.33. The first kappa shape index (κ1) is 7.14. The predicted molar refractivity (Wildman–Crippen MR) is 28.7 cm³/mol. The molecule has 3 nitrogen and oxygen atoms in total. The van der Waals surface area contributed by atoms with Crippen molar-refractivity contribution >= 4 is 12.8 Å². The summed E-state index contributed by atoms with van der Waals surface area (Å²) in [6.07, 6.45) is 1.92. The minimum atomic E-state index is -0.0787. The lowest BCUT2D eigenvalue weighted by Gasteiger charge is -2.10. The summed E-state index contributed by atoms with van der Waals surface area (Å²) >= 11 is 0. The highest BCUT2D eigenvalue weighted by Crippen LogP contribution is 1.86. The van der Waals surface area contributed by atoms with Gasteiger partial charge in [0.25, 0.3) is 0 Å². The van der Waals surface area contributed by atoms with Crippen LogP contribution in [0.15, 0.2) is 0 Å². The van der Waals surface area contributed by atoms with E-state index in [1.165, 1.54) is 6.41 Å². The van der Waals surface area contributed by atoms with Gasteiger partial charge in [0, 0.05) is 6.04 Å². The molecule has 0 bridgehead atoms. The average molecular weight is 114 g/mol. The summed E-state index contributed by atoms with van der Waals surface area (Å²) in [7, 11) is 0. The third-order valence-corrected chi connectivity index (χ3v) is 0.775. The summed E-state index contributed by atoms with van der Waals surface area (Å²) in [4.78, 5) is 20.5. The number of amides is 2. The van der Waals surface area contributed by atoms with Crippen LogP contribution in [0.4, 0.5) is 0 Å². The minimum absolute atomic E-state index is 0.0787. The van der Waals surface area contributed by atoms with Gasteiger partial charge in [-0.25, -0.2) is 0 Å². The molecule has 0 aromatic rings. The molecule has 3 heteroatoms. The highest BCUT2D eigenvalue weighted by molar-refractivity contribution is 5.69. The molecule has 0 atom stereocenters. The predicted octanol–water partition coefficient (Wildman–Crippen LogP) is -0.0796. The van der Waals surface area contributed by atoms with Crippen LogP contribution in [0.2, 0.25) is 0 Å². The molecular formula is C5H8NO2. The summed E-state index contributed by atoms with van der Waals surface area (Å²) in [6, 6.07) is -0.0787. The number of nitrogens with zero attached hydrogens (tertiary/aromatic N) is 1. The second-order valence-electron chi connectivity index (χ2n) is 1.70. The summed E-state index contributed by atoms with van der Waals surface area (Å²) in [5, 5.41) is 0. The largest absolute Gasteiger partial charge is 0.319 e. The van der Waals surface area contributed by atoms with Crippen LogP contribution in [0.1, 0.15) is 13.8 Å². The molecule has 8 heavy (non-hydrogen) atoms. The van der Waals surface area contributed by atoms with Gasteiger partial charge in [-0.15, -0.1) is 0 Å². The van der Waals surface area contributed by atoms with Crippen LogP contribution in [-0.2, 0) is 9.59 Å². The van der Waals surface area contributed by atoms with Gasteiger partial charge in [-0.2, -0.15) is 0 Å². The molecule has 45 valence electrons. The number of carbonyl (C=O) groups excluding carboxylic acids is 2. The zero-order chi connectivity index (χ0) is 6.57. The summed E-state index contributed by atoms with van der Waals surface area (Å²) < 4.78 is 0. The zero-order valence-corrected chi connectivity index (χ0v) is 4.92. The van der Waals surface area contributed by atoms with Gasteiger partial charge in [0.15, 0.2) is 0 Å². The number of carbonyl (C=O) groups is 1. The van der Waals surface area contributed by atoms with Crippen LogP contribution >= 0.6 is 0 Å². The number of imide groups is 1. The van der Waals surface area contributed by atoms with Crippen molar-refractivity contribution in [3.05, 3.63) is 0 Å². The van der Waals surface area contributed by atoms with E-state index in [-0.39, 0.29) is 6.04 Å². The molecule has 0 saturated carbocycles. The van der Waals surface area contributed by atoms with Crippen molar-refractivity contribution in [2.75, 3.05) is 0 Å². The third-order valence-electron chi connectivity index (χ3n) is 0.775. The van der Waals surface area contributed by atoms with Gasteiger partial charge < -0.3 is 0 Å². The zero-order valence-electron chi connectivity index (χ0n) is 4.92. The Morgan fingerprint density at radius 3 is 2.12 bits per heavy atom. The van der Waals surface area contributed by atoms with E-state index in [9.17, 15) is 9.59 Å². The fourth-order valence-electron chi connectivity index (χ4n) is 0.249. The van der Waals surface area contributed by atoms with E-state index in [2.05, 4.69) is 0 Å². The Kier molecular flexibility index (Phi) is 2.84. The molecule has 0 aliphatic carbocycles. The van der Waals surface area contributed by atoms with E-state index in [0.717, 1.165) is 4.90 Å². The fourth-order valence-corrected chi connectivity index (χ4v) is 0.249. The molecule has 0 unspecified atom stereocenters. The molecule has 0 aromatic carbocycles. The maximum atomic E-state index is 9.84. The molecule has 0 fully saturated rings. The average Bonchev–Trinajstić information content (AvgIpc) is 1.69. The van der Waals surface area contributed by atoms with Gasteiger partial charge in [0.05, 0.1) is 0 Å². The first-order chi connectivity index (χ1) is 3.72. The van der Waals surface area contributed by atoms with Gasteiger partial charge in [0.1, 0.15) is 0 Å². The lowest BCUT2D eigenvalue weighted by atomic mass is 10.4. The van der Waals surface area contributed by atoms with Crippen LogP contribution in [0, 0.1) is 0 Å². The molecule has 0 aromatic heterocycles. The molecule has 0 saturated heterocycles. The maximum Gasteiger partial charge on any atom is 0.319 e. The monoisotopic (exact) mass is 114 g/mol. The van der Waals surface area contributed by atoms with Crippen molar-refractivity contribution in [1.82, 2.24) is 4.90 Å². The second kappa shape index (κ2) is 3.18. The summed E-state index contributed by atoms with van der Waals surface area (Å²) in [5.41, 5.74) is 0. The molecule has 0 rings (SSSR count). The Morgan fingerprint density at radius 2 is 2.12 bits per heavy atom. The Hall–Kier alpha value is -0.860. The summed E-state index contributed by atoms with van der Waals surface area (Å²) in [5.74, 6) is 0. The maximum absolute atomic E-state index is 9.84. The van der Waals surface area contributed by atoms with E-state index in [1.54, 1.807) is 13.8 Å². The molecule has 0 heterocycles. The topological polar surface area (TPSA) is 37.4 Å². The Labute approximate surface area is 48.3 Å². The number of rotatable bonds is 3. The van der Waals surface area contributed by atoms with Crippen LogP contribution in [0.5, 0.6) is 0 Å². The van der Waals surface area contributed by atoms with E-state index in [4.69, 9.17) is 0 Å².